The minimum atomic E-state index is -0.263. The van der Waals surface area contributed by atoms with Crippen LogP contribution in [0.2, 0.25) is 0 Å². The second kappa shape index (κ2) is 9.32. The minimum absolute atomic E-state index is 0.0618. The number of aryl methyl sites for hydroxylation is 1. The van der Waals surface area contributed by atoms with Crippen LogP contribution in [0.5, 0.6) is 5.75 Å². The van der Waals surface area contributed by atoms with Gasteiger partial charge >= 0.3 is 0 Å². The van der Waals surface area contributed by atoms with Gasteiger partial charge in [-0.2, -0.15) is 0 Å². The molecule has 0 fully saturated rings. The van der Waals surface area contributed by atoms with Gasteiger partial charge in [0.2, 0.25) is 5.91 Å². The van der Waals surface area contributed by atoms with Crippen LogP contribution >= 0.6 is 11.8 Å². The first-order valence-electron chi connectivity index (χ1n) is 8.13. The number of hydrogen-bond acceptors (Lipinski definition) is 5. The molecule has 1 amide bonds. The second-order valence-corrected chi connectivity index (χ2v) is 6.80. The summed E-state index contributed by atoms with van der Waals surface area (Å²) in [5.41, 5.74) is 0.748. The zero-order valence-corrected chi connectivity index (χ0v) is 15.2. The molecule has 2 rings (SSSR count). The molecule has 1 N–H and O–H groups in total. The van der Waals surface area contributed by atoms with Crippen molar-refractivity contribution in [1.82, 2.24) is 14.8 Å². The largest absolute Gasteiger partial charge is 0.497 e. The summed E-state index contributed by atoms with van der Waals surface area (Å²) in [6, 6.07) is 7.28. The maximum absolute atomic E-state index is 12.3. The summed E-state index contributed by atoms with van der Waals surface area (Å²) in [6.07, 6.45) is 5.17. The van der Waals surface area contributed by atoms with E-state index in [1.54, 1.807) is 13.4 Å². The van der Waals surface area contributed by atoms with Crippen LogP contribution in [0.3, 0.4) is 0 Å². The Hall–Kier alpha value is -2.02. The van der Waals surface area contributed by atoms with Gasteiger partial charge in [-0.05, 0) is 37.6 Å². The summed E-state index contributed by atoms with van der Waals surface area (Å²) in [5, 5.41) is 11.5. The Morgan fingerprint density at radius 1 is 1.33 bits per heavy atom. The van der Waals surface area contributed by atoms with Crippen LogP contribution < -0.4 is 10.1 Å². The maximum atomic E-state index is 12.3. The molecule has 0 radical (unpaired) electrons. The Bertz CT molecular complexity index is 642. The summed E-state index contributed by atoms with van der Waals surface area (Å²) < 4.78 is 7.12. The van der Waals surface area contributed by atoms with Crippen molar-refractivity contribution in [3.05, 3.63) is 30.6 Å². The highest BCUT2D eigenvalue weighted by molar-refractivity contribution is 8.00. The van der Waals surface area contributed by atoms with Crippen molar-refractivity contribution in [1.29, 1.82) is 0 Å². The Kier molecular flexibility index (Phi) is 7.11. The highest BCUT2D eigenvalue weighted by atomic mass is 32.2. The number of unbranched alkanes of at least 4 members (excludes halogenated alkanes) is 2. The molecule has 0 spiro atoms. The number of anilines is 1. The lowest BCUT2D eigenvalue weighted by Crippen LogP contribution is -2.22. The lowest BCUT2D eigenvalue weighted by Gasteiger charge is -2.12. The molecule has 130 valence electrons. The quantitative estimate of drug-likeness (QED) is 0.554. The number of carbonyl (C=O) groups is 1. The smallest absolute Gasteiger partial charge is 0.237 e. The van der Waals surface area contributed by atoms with Crippen LogP contribution in [0.1, 0.15) is 33.1 Å². The number of amides is 1. The minimum Gasteiger partial charge on any atom is -0.497 e. The van der Waals surface area contributed by atoms with E-state index >= 15 is 0 Å². The van der Waals surface area contributed by atoms with Gasteiger partial charge in [0.15, 0.2) is 5.16 Å². The van der Waals surface area contributed by atoms with Gasteiger partial charge in [-0.3, -0.25) is 4.79 Å². The van der Waals surface area contributed by atoms with Crippen LogP contribution in [-0.2, 0) is 11.3 Å². The van der Waals surface area contributed by atoms with Gasteiger partial charge in [0.05, 0.1) is 12.4 Å². The number of carbonyl (C=O) groups excluding carboxylic acids is 1. The number of benzene rings is 1. The Morgan fingerprint density at radius 2 is 2.08 bits per heavy atom. The molecule has 24 heavy (non-hydrogen) atoms. The van der Waals surface area contributed by atoms with Gasteiger partial charge in [0.25, 0.3) is 0 Å². The molecule has 1 heterocycles. The molecule has 0 aliphatic rings. The average molecular weight is 348 g/mol. The first kappa shape index (κ1) is 18.3. The van der Waals surface area contributed by atoms with Crippen LogP contribution in [0.4, 0.5) is 5.69 Å². The molecule has 7 heteroatoms. The lowest BCUT2D eigenvalue weighted by atomic mass is 10.2. The van der Waals surface area contributed by atoms with Crippen molar-refractivity contribution in [3.63, 3.8) is 0 Å². The standard InChI is InChI=1S/C17H24N4O2S/c1-4-5-6-11-21-12-18-20-17(21)24-13(2)16(22)19-14-7-9-15(23-3)10-8-14/h7-10,12-13H,4-6,11H2,1-3H3,(H,19,22)/t13-/m0/s1. The number of ether oxygens (including phenoxy) is 1. The van der Waals surface area contributed by atoms with E-state index in [0.717, 1.165) is 29.6 Å². The summed E-state index contributed by atoms with van der Waals surface area (Å²) in [5.74, 6) is 0.698. The zero-order valence-electron chi connectivity index (χ0n) is 14.4. The van der Waals surface area contributed by atoms with Gasteiger partial charge < -0.3 is 14.6 Å². The van der Waals surface area contributed by atoms with Gasteiger partial charge in [0, 0.05) is 12.2 Å². The number of hydrogen-bond donors (Lipinski definition) is 1. The zero-order chi connectivity index (χ0) is 17.4. The van der Waals surface area contributed by atoms with Crippen LogP contribution in [-0.4, -0.2) is 33.0 Å². The number of methoxy groups -OCH3 is 1. The van der Waals surface area contributed by atoms with Gasteiger partial charge in [0.1, 0.15) is 12.1 Å². The highest BCUT2D eigenvalue weighted by Crippen LogP contribution is 2.23. The van der Waals surface area contributed by atoms with Gasteiger partial charge in [-0.1, -0.05) is 31.5 Å². The SMILES string of the molecule is CCCCCn1cnnc1S[C@@H](C)C(=O)Nc1ccc(OC)cc1. The molecule has 0 aliphatic heterocycles. The predicted octanol–water partition coefficient (Wildman–Crippen LogP) is 3.60. The monoisotopic (exact) mass is 348 g/mol. The highest BCUT2D eigenvalue weighted by Gasteiger charge is 2.18. The van der Waals surface area contributed by atoms with Crippen molar-refractivity contribution in [2.24, 2.45) is 0 Å². The lowest BCUT2D eigenvalue weighted by molar-refractivity contribution is -0.115. The van der Waals surface area contributed by atoms with Crippen LogP contribution in [0.15, 0.2) is 35.7 Å². The molecule has 2 aromatic rings. The van der Waals surface area contributed by atoms with E-state index in [1.807, 2.05) is 35.8 Å². The molecule has 1 aromatic heterocycles. The maximum Gasteiger partial charge on any atom is 0.237 e. The Morgan fingerprint density at radius 3 is 2.75 bits per heavy atom. The summed E-state index contributed by atoms with van der Waals surface area (Å²) in [7, 11) is 1.61. The van der Waals surface area contributed by atoms with Crippen LogP contribution in [0, 0.1) is 0 Å². The van der Waals surface area contributed by atoms with Crippen molar-refractivity contribution < 1.29 is 9.53 Å². The van der Waals surface area contributed by atoms with E-state index in [0.29, 0.717) is 0 Å². The topological polar surface area (TPSA) is 69.0 Å². The average Bonchev–Trinajstić information content (AvgIpc) is 3.03. The molecular weight excluding hydrogens is 324 g/mol. The fourth-order valence-electron chi connectivity index (χ4n) is 2.15. The Labute approximate surface area is 147 Å². The van der Waals surface area contributed by atoms with Crippen molar-refractivity contribution in [3.8, 4) is 5.75 Å². The normalized spacial score (nSPS) is 12.0. The third kappa shape index (κ3) is 5.26. The molecule has 0 aliphatic carbocycles. The Balaban J connectivity index is 1.90. The van der Waals surface area contributed by atoms with Gasteiger partial charge in [-0.15, -0.1) is 10.2 Å². The first-order valence-corrected chi connectivity index (χ1v) is 9.01. The van der Waals surface area contributed by atoms with E-state index in [9.17, 15) is 4.79 Å². The summed E-state index contributed by atoms with van der Waals surface area (Å²) in [4.78, 5) is 12.3. The fraction of sp³-hybridized carbons (Fsp3) is 0.471. The summed E-state index contributed by atoms with van der Waals surface area (Å²) in [6.45, 7) is 4.93. The van der Waals surface area contributed by atoms with E-state index in [4.69, 9.17) is 4.74 Å². The van der Waals surface area contributed by atoms with Gasteiger partial charge in [-0.25, -0.2) is 0 Å². The molecule has 1 atom stereocenters. The molecule has 0 saturated carbocycles. The van der Waals surface area contributed by atoms with Crippen molar-refractivity contribution in [2.75, 3.05) is 12.4 Å². The summed E-state index contributed by atoms with van der Waals surface area (Å²) >= 11 is 1.42. The fourth-order valence-corrected chi connectivity index (χ4v) is 3.00. The van der Waals surface area contributed by atoms with E-state index in [2.05, 4.69) is 22.4 Å². The number of nitrogens with zero attached hydrogens (tertiary/aromatic N) is 3. The molecule has 0 bridgehead atoms. The van der Waals surface area contributed by atoms with Crippen LogP contribution in [0.25, 0.3) is 0 Å². The second-order valence-electron chi connectivity index (χ2n) is 5.49. The number of rotatable bonds is 9. The van der Waals surface area contributed by atoms with Crippen molar-refractivity contribution >= 4 is 23.4 Å². The van der Waals surface area contributed by atoms with E-state index in [-0.39, 0.29) is 11.2 Å². The molecule has 6 nitrogen and oxygen atoms in total. The number of aromatic nitrogens is 3. The molecule has 0 unspecified atom stereocenters. The third-order valence-corrected chi connectivity index (χ3v) is 4.69. The van der Waals surface area contributed by atoms with E-state index in [1.165, 1.54) is 24.6 Å². The third-order valence-electron chi connectivity index (χ3n) is 3.59. The first-order chi connectivity index (χ1) is 11.6. The van der Waals surface area contributed by atoms with E-state index < -0.39 is 0 Å². The number of thioether (sulfide) groups is 1. The molecule has 0 saturated heterocycles. The molecular formula is C17H24N4O2S. The van der Waals surface area contributed by atoms with Crippen molar-refractivity contribution in [2.45, 2.75) is 50.1 Å². The molecule has 1 aromatic carbocycles. The number of nitrogens with one attached hydrogen (secondary N) is 1. The predicted molar refractivity (Wildman–Crippen MR) is 96.5 cm³/mol.